The minimum absolute atomic E-state index is 0.000731. The maximum atomic E-state index is 14.8. The SMILES string of the molecule is O=C(OCc1ccccc1)c1cc2c(cc1C(=O)OCc1ccccc1)C1(CCC2=O)CCC2(c3ccccc3-c3ccccc32)c2cc(C(=O)OCc3ccccc3)c(C(=O)OCc3ccccc3)cc21. The minimum Gasteiger partial charge on any atom is -0.457 e. The van der Waals surface area contributed by atoms with Gasteiger partial charge in [-0.25, -0.2) is 19.2 Å². The van der Waals surface area contributed by atoms with Crippen LogP contribution in [0.1, 0.15) is 128 Å². The molecule has 0 aromatic heterocycles. The van der Waals surface area contributed by atoms with Gasteiger partial charge >= 0.3 is 23.9 Å². The molecule has 3 aliphatic rings. The number of carbonyl (C=O) groups excluding carboxylic acids is 5. The highest BCUT2D eigenvalue weighted by molar-refractivity contribution is 6.09. The van der Waals surface area contributed by atoms with Crippen LogP contribution in [-0.2, 0) is 56.2 Å². The Morgan fingerprint density at radius 3 is 1.11 bits per heavy atom. The molecule has 0 fully saturated rings. The molecule has 8 aromatic rings. The summed E-state index contributed by atoms with van der Waals surface area (Å²) >= 11 is 0. The highest BCUT2D eigenvalue weighted by atomic mass is 16.5. The van der Waals surface area contributed by atoms with Crippen LogP contribution in [0, 0.1) is 0 Å². The van der Waals surface area contributed by atoms with Gasteiger partial charge in [-0.3, -0.25) is 4.79 Å². The lowest BCUT2D eigenvalue weighted by atomic mass is 9.52. The number of ether oxygens (including phenoxy) is 4. The molecule has 354 valence electrons. The van der Waals surface area contributed by atoms with Gasteiger partial charge in [0.2, 0.25) is 0 Å². The second-order valence-corrected chi connectivity index (χ2v) is 18.6. The summed E-state index contributed by atoms with van der Waals surface area (Å²) in [5, 5.41) is 0. The van der Waals surface area contributed by atoms with Crippen molar-refractivity contribution >= 4 is 29.7 Å². The average Bonchev–Trinajstić information content (AvgIpc) is 3.72. The van der Waals surface area contributed by atoms with Crippen LogP contribution >= 0.6 is 0 Å². The van der Waals surface area contributed by atoms with Crippen LogP contribution in [0.15, 0.2) is 194 Å². The molecule has 9 heteroatoms. The summed E-state index contributed by atoms with van der Waals surface area (Å²) < 4.78 is 23.9. The predicted octanol–water partition coefficient (Wildman–Crippen LogP) is 12.5. The van der Waals surface area contributed by atoms with Crippen LogP contribution in [0.25, 0.3) is 11.1 Å². The van der Waals surface area contributed by atoms with Gasteiger partial charge < -0.3 is 18.9 Å². The molecule has 1 atom stereocenters. The Labute approximate surface area is 417 Å². The second kappa shape index (κ2) is 19.2. The minimum atomic E-state index is -1.03. The molecule has 0 aliphatic heterocycles. The summed E-state index contributed by atoms with van der Waals surface area (Å²) in [6.45, 7) is -0.225. The molecule has 0 saturated heterocycles. The molecule has 0 N–H and O–H groups in total. The molecule has 0 bridgehead atoms. The van der Waals surface area contributed by atoms with Gasteiger partial charge in [-0.05, 0) is 105 Å². The van der Waals surface area contributed by atoms with E-state index >= 15 is 0 Å². The van der Waals surface area contributed by atoms with E-state index in [1.807, 2.05) is 152 Å². The molecule has 8 aromatic carbocycles. The summed E-state index contributed by atoms with van der Waals surface area (Å²) in [4.78, 5) is 72.9. The first-order valence-electron chi connectivity index (χ1n) is 24.2. The van der Waals surface area contributed by atoms with E-state index < -0.39 is 34.7 Å². The molecule has 0 radical (unpaired) electrons. The lowest BCUT2D eigenvalue weighted by Gasteiger charge is -2.50. The van der Waals surface area contributed by atoms with Crippen LogP contribution in [0.2, 0.25) is 0 Å². The van der Waals surface area contributed by atoms with E-state index in [0.717, 1.165) is 50.1 Å². The summed E-state index contributed by atoms with van der Waals surface area (Å²) in [6, 6.07) is 60.3. The van der Waals surface area contributed by atoms with Gasteiger partial charge in [0, 0.05) is 22.8 Å². The number of carbonyl (C=O) groups is 5. The fourth-order valence-corrected chi connectivity index (χ4v) is 11.1. The van der Waals surface area contributed by atoms with Crippen molar-refractivity contribution in [2.24, 2.45) is 0 Å². The molecule has 1 unspecified atom stereocenters. The van der Waals surface area contributed by atoms with Crippen molar-refractivity contribution < 1.29 is 42.9 Å². The number of ketones is 1. The highest BCUT2D eigenvalue weighted by Gasteiger charge is 2.55. The molecule has 11 rings (SSSR count). The van der Waals surface area contributed by atoms with Crippen molar-refractivity contribution in [1.29, 1.82) is 0 Å². The van der Waals surface area contributed by atoms with Crippen LogP contribution < -0.4 is 0 Å². The Bertz CT molecular complexity index is 3360. The Hall–Kier alpha value is -8.69. The van der Waals surface area contributed by atoms with Gasteiger partial charge in [-0.2, -0.15) is 0 Å². The molecular formula is C63H48O9. The lowest BCUT2D eigenvalue weighted by molar-refractivity contribution is 0.0424. The molecule has 2 spiro atoms. The van der Waals surface area contributed by atoms with Crippen molar-refractivity contribution in [3.63, 3.8) is 0 Å². The number of fused-ring (bicyclic) bond motifs is 10. The zero-order valence-electron chi connectivity index (χ0n) is 39.3. The van der Waals surface area contributed by atoms with Gasteiger partial charge in [0.15, 0.2) is 5.78 Å². The van der Waals surface area contributed by atoms with Crippen molar-refractivity contribution in [3.8, 4) is 11.1 Å². The van der Waals surface area contributed by atoms with Crippen LogP contribution in [-0.4, -0.2) is 29.7 Å². The van der Waals surface area contributed by atoms with Crippen molar-refractivity contribution in [2.45, 2.75) is 62.9 Å². The van der Waals surface area contributed by atoms with Crippen LogP contribution in [0.5, 0.6) is 0 Å². The Morgan fingerprint density at radius 1 is 0.347 bits per heavy atom. The third-order valence-corrected chi connectivity index (χ3v) is 14.6. The van der Waals surface area contributed by atoms with Gasteiger partial charge in [0.1, 0.15) is 26.4 Å². The average molecular weight is 949 g/mol. The molecule has 0 amide bonds. The summed E-state index contributed by atoms with van der Waals surface area (Å²) in [6.07, 6.45) is 1.37. The summed E-state index contributed by atoms with van der Waals surface area (Å²) in [5.74, 6) is -3.20. The number of Topliss-reactive ketones (excluding diaryl/α,β-unsaturated/α-hetero) is 1. The first kappa shape index (κ1) is 45.7. The standard InChI is InChI=1S/C63H48O9/c64-57-29-30-62(54-34-48(59(66)70-38-42-19-7-2-8-20-42)47(33-51(54)57)58(65)69-37-41-17-5-1-6-18-41)31-32-63(52-27-15-13-25-45(52)46-26-14-16-28-53(46)63)56-36-50(61(68)72-40-44-23-11-4-12-24-44)49(35-55(56)62)60(67)71-39-43-21-9-3-10-22-43/h1-28,33-36H,29-32,37-40H2. The molecule has 0 heterocycles. The molecule has 72 heavy (non-hydrogen) atoms. The van der Waals surface area contributed by atoms with Crippen molar-refractivity contribution in [2.75, 3.05) is 0 Å². The monoisotopic (exact) mass is 948 g/mol. The Balaban J connectivity index is 1.12. The number of esters is 4. The predicted molar refractivity (Wildman–Crippen MR) is 270 cm³/mol. The number of hydrogen-bond donors (Lipinski definition) is 0. The Kier molecular flexibility index (Phi) is 12.2. The van der Waals surface area contributed by atoms with Gasteiger partial charge in [0.25, 0.3) is 0 Å². The molecular weight excluding hydrogens is 901 g/mol. The smallest absolute Gasteiger partial charge is 0.339 e. The molecule has 9 nitrogen and oxygen atoms in total. The van der Waals surface area contributed by atoms with Gasteiger partial charge in [-0.1, -0.05) is 170 Å². The normalized spacial score (nSPS) is 15.6. The lowest BCUT2D eigenvalue weighted by Crippen LogP contribution is -2.45. The van der Waals surface area contributed by atoms with Gasteiger partial charge in [0.05, 0.1) is 22.3 Å². The van der Waals surface area contributed by atoms with E-state index in [1.54, 1.807) is 12.1 Å². The maximum Gasteiger partial charge on any atom is 0.339 e. The zero-order valence-corrected chi connectivity index (χ0v) is 39.3. The van der Waals surface area contributed by atoms with Crippen LogP contribution in [0.3, 0.4) is 0 Å². The maximum absolute atomic E-state index is 14.8. The molecule has 0 saturated carbocycles. The summed E-state index contributed by atoms with van der Waals surface area (Å²) in [7, 11) is 0. The van der Waals surface area contributed by atoms with Crippen molar-refractivity contribution in [1.82, 2.24) is 0 Å². The first-order valence-corrected chi connectivity index (χ1v) is 24.2. The second-order valence-electron chi connectivity index (χ2n) is 18.6. The number of benzene rings is 8. The highest BCUT2D eigenvalue weighted by Crippen LogP contribution is 2.63. The largest absolute Gasteiger partial charge is 0.457 e. The topological polar surface area (TPSA) is 122 Å². The number of rotatable bonds is 12. The first-order chi connectivity index (χ1) is 35.2. The van der Waals surface area contributed by atoms with Crippen molar-refractivity contribution in [3.05, 3.63) is 272 Å². The van der Waals surface area contributed by atoms with E-state index in [4.69, 9.17) is 18.9 Å². The van der Waals surface area contributed by atoms with Crippen LogP contribution in [0.4, 0.5) is 0 Å². The summed E-state index contributed by atoms with van der Waals surface area (Å²) in [5.41, 5.74) is 7.49. The molecule has 3 aliphatic carbocycles. The van der Waals surface area contributed by atoms with Gasteiger partial charge in [-0.15, -0.1) is 0 Å². The number of hydrogen-bond acceptors (Lipinski definition) is 9. The fourth-order valence-electron chi connectivity index (χ4n) is 11.1. The zero-order chi connectivity index (χ0) is 49.2. The Morgan fingerprint density at radius 2 is 0.694 bits per heavy atom. The van der Waals surface area contributed by atoms with E-state index in [1.165, 1.54) is 6.07 Å². The quantitative estimate of drug-likeness (QED) is 0.0870. The van der Waals surface area contributed by atoms with E-state index in [2.05, 4.69) is 24.3 Å². The van der Waals surface area contributed by atoms with E-state index in [9.17, 15) is 24.0 Å². The van der Waals surface area contributed by atoms with E-state index in [0.29, 0.717) is 30.4 Å². The van der Waals surface area contributed by atoms with E-state index in [-0.39, 0.29) is 66.4 Å². The fraction of sp³-hybridized carbons (Fsp3) is 0.159. The third-order valence-electron chi connectivity index (χ3n) is 14.6. The third kappa shape index (κ3) is 8.26.